The van der Waals surface area contributed by atoms with Crippen LogP contribution in [-0.2, 0) is 7.05 Å². The number of aryl methyl sites for hydroxylation is 1. The molecule has 1 heterocycles. The zero-order valence-corrected chi connectivity index (χ0v) is 12.6. The van der Waals surface area contributed by atoms with Crippen molar-refractivity contribution in [2.75, 3.05) is 0 Å². The second-order valence-electron chi connectivity index (χ2n) is 4.12. The molecule has 0 amide bonds. The molecular formula is C13H12BrClN2O. The summed E-state index contributed by atoms with van der Waals surface area (Å²) in [6.45, 7) is 3.48. The molecule has 1 aromatic carbocycles. The Balaban J connectivity index is 2.61. The number of hydrogen-bond acceptors (Lipinski definition) is 2. The van der Waals surface area contributed by atoms with Gasteiger partial charge in [-0.25, -0.2) is 0 Å². The van der Waals surface area contributed by atoms with E-state index < -0.39 is 0 Å². The summed E-state index contributed by atoms with van der Waals surface area (Å²) in [6, 6.07) is 5.36. The molecule has 0 aliphatic carbocycles. The minimum Gasteiger partial charge on any atom is -0.294 e. The standard InChI is InChI=1S/C13H12BrClN2O/c1-7-12(14)13(16-17(7)3)9-4-5-11(15)10(6-9)8(2)18/h4-6H,1-3H3. The predicted molar refractivity (Wildman–Crippen MR) is 76.1 cm³/mol. The van der Waals surface area contributed by atoms with E-state index in [2.05, 4.69) is 21.0 Å². The molecule has 0 unspecified atom stereocenters. The molecule has 2 rings (SSSR count). The van der Waals surface area contributed by atoms with Gasteiger partial charge < -0.3 is 0 Å². The highest BCUT2D eigenvalue weighted by atomic mass is 79.9. The number of ketones is 1. The zero-order chi connectivity index (χ0) is 13.4. The van der Waals surface area contributed by atoms with E-state index in [1.165, 1.54) is 6.92 Å². The van der Waals surface area contributed by atoms with E-state index >= 15 is 0 Å². The first kappa shape index (κ1) is 13.3. The van der Waals surface area contributed by atoms with E-state index in [0.717, 1.165) is 21.4 Å². The van der Waals surface area contributed by atoms with Gasteiger partial charge in [-0.3, -0.25) is 9.48 Å². The summed E-state index contributed by atoms with van der Waals surface area (Å²) in [4.78, 5) is 11.5. The summed E-state index contributed by atoms with van der Waals surface area (Å²) in [5, 5.41) is 4.89. The van der Waals surface area contributed by atoms with Crippen LogP contribution in [-0.4, -0.2) is 15.6 Å². The van der Waals surface area contributed by atoms with Gasteiger partial charge in [0.1, 0.15) is 5.69 Å². The summed E-state index contributed by atoms with van der Waals surface area (Å²) >= 11 is 9.51. The van der Waals surface area contributed by atoms with E-state index in [0.29, 0.717) is 10.6 Å². The lowest BCUT2D eigenvalue weighted by molar-refractivity contribution is 0.101. The molecule has 0 saturated carbocycles. The average Bonchev–Trinajstić information content (AvgIpc) is 2.57. The van der Waals surface area contributed by atoms with Crippen LogP contribution < -0.4 is 0 Å². The number of carbonyl (C=O) groups is 1. The fraction of sp³-hybridized carbons (Fsp3) is 0.231. The Hall–Kier alpha value is -1.13. The minimum atomic E-state index is -0.0503. The molecule has 0 N–H and O–H groups in total. The van der Waals surface area contributed by atoms with Crippen molar-refractivity contribution in [1.29, 1.82) is 0 Å². The van der Waals surface area contributed by atoms with E-state index in [4.69, 9.17) is 11.6 Å². The maximum absolute atomic E-state index is 11.5. The molecule has 1 aromatic heterocycles. The molecule has 2 aromatic rings. The highest BCUT2D eigenvalue weighted by Crippen LogP contribution is 2.31. The third-order valence-corrected chi connectivity index (χ3v) is 4.16. The Morgan fingerprint density at radius 2 is 2.11 bits per heavy atom. The van der Waals surface area contributed by atoms with Crippen LogP contribution in [0.2, 0.25) is 5.02 Å². The maximum atomic E-state index is 11.5. The molecule has 0 bridgehead atoms. The second kappa shape index (κ2) is 4.86. The Labute approximate surface area is 119 Å². The summed E-state index contributed by atoms with van der Waals surface area (Å²) in [5.74, 6) is -0.0503. The molecule has 0 radical (unpaired) electrons. The van der Waals surface area contributed by atoms with Crippen LogP contribution in [0.5, 0.6) is 0 Å². The predicted octanol–water partition coefficient (Wildman–Crippen LogP) is 4.01. The Morgan fingerprint density at radius 1 is 1.44 bits per heavy atom. The van der Waals surface area contributed by atoms with Gasteiger partial charge in [0.25, 0.3) is 0 Å². The first-order chi connectivity index (χ1) is 8.41. The van der Waals surface area contributed by atoms with Crippen LogP contribution in [0.4, 0.5) is 0 Å². The topological polar surface area (TPSA) is 34.9 Å². The fourth-order valence-electron chi connectivity index (χ4n) is 1.71. The normalized spacial score (nSPS) is 10.7. The summed E-state index contributed by atoms with van der Waals surface area (Å²) < 4.78 is 2.73. The largest absolute Gasteiger partial charge is 0.294 e. The molecule has 94 valence electrons. The Morgan fingerprint density at radius 3 is 2.61 bits per heavy atom. The molecule has 0 spiro atoms. The molecule has 0 atom stereocenters. The number of benzene rings is 1. The number of rotatable bonds is 2. The molecule has 0 aliphatic rings. The van der Waals surface area contributed by atoms with Gasteiger partial charge in [0.05, 0.1) is 9.50 Å². The number of halogens is 2. The van der Waals surface area contributed by atoms with Crippen molar-refractivity contribution in [3.05, 3.63) is 39.0 Å². The van der Waals surface area contributed by atoms with Crippen molar-refractivity contribution in [3.8, 4) is 11.3 Å². The zero-order valence-electron chi connectivity index (χ0n) is 10.3. The first-order valence-electron chi connectivity index (χ1n) is 5.41. The van der Waals surface area contributed by atoms with Crippen molar-refractivity contribution in [2.45, 2.75) is 13.8 Å². The van der Waals surface area contributed by atoms with Gasteiger partial charge in [0.2, 0.25) is 0 Å². The van der Waals surface area contributed by atoms with Gasteiger partial charge in [-0.15, -0.1) is 0 Å². The number of Topliss-reactive ketones (excluding diaryl/α,β-unsaturated/α-hetero) is 1. The molecule has 5 heteroatoms. The molecule has 3 nitrogen and oxygen atoms in total. The highest BCUT2D eigenvalue weighted by Gasteiger charge is 2.14. The highest BCUT2D eigenvalue weighted by molar-refractivity contribution is 9.10. The van der Waals surface area contributed by atoms with Gasteiger partial charge >= 0.3 is 0 Å². The lowest BCUT2D eigenvalue weighted by Crippen LogP contribution is -1.95. The molecule has 0 aliphatic heterocycles. The van der Waals surface area contributed by atoms with Crippen molar-refractivity contribution in [1.82, 2.24) is 9.78 Å². The fourth-order valence-corrected chi connectivity index (χ4v) is 2.52. The molecular weight excluding hydrogens is 316 g/mol. The van der Waals surface area contributed by atoms with Gasteiger partial charge in [0, 0.05) is 23.9 Å². The number of aromatic nitrogens is 2. The van der Waals surface area contributed by atoms with Crippen LogP contribution in [0.1, 0.15) is 23.0 Å². The quantitative estimate of drug-likeness (QED) is 0.781. The molecule has 0 saturated heterocycles. The van der Waals surface area contributed by atoms with Gasteiger partial charge in [-0.2, -0.15) is 5.10 Å². The van der Waals surface area contributed by atoms with Crippen LogP contribution >= 0.6 is 27.5 Å². The minimum absolute atomic E-state index is 0.0503. The van der Waals surface area contributed by atoms with Crippen molar-refractivity contribution in [2.24, 2.45) is 7.05 Å². The summed E-state index contributed by atoms with van der Waals surface area (Å²) in [5.41, 5.74) is 3.24. The lowest BCUT2D eigenvalue weighted by atomic mass is 10.1. The van der Waals surface area contributed by atoms with Gasteiger partial charge in [-0.1, -0.05) is 17.7 Å². The van der Waals surface area contributed by atoms with Crippen molar-refractivity contribution in [3.63, 3.8) is 0 Å². The van der Waals surface area contributed by atoms with Crippen LogP contribution in [0.3, 0.4) is 0 Å². The first-order valence-corrected chi connectivity index (χ1v) is 6.59. The molecule has 18 heavy (non-hydrogen) atoms. The van der Waals surface area contributed by atoms with E-state index in [1.807, 2.05) is 20.0 Å². The average molecular weight is 328 g/mol. The summed E-state index contributed by atoms with van der Waals surface area (Å²) in [7, 11) is 1.88. The Bertz CT molecular complexity index is 634. The smallest absolute Gasteiger partial charge is 0.161 e. The second-order valence-corrected chi connectivity index (χ2v) is 5.32. The van der Waals surface area contributed by atoms with Crippen LogP contribution in [0.25, 0.3) is 11.3 Å². The maximum Gasteiger partial charge on any atom is 0.161 e. The van der Waals surface area contributed by atoms with Crippen LogP contribution in [0, 0.1) is 6.92 Å². The van der Waals surface area contributed by atoms with Crippen molar-refractivity contribution >= 4 is 33.3 Å². The van der Waals surface area contributed by atoms with Gasteiger partial charge in [0.15, 0.2) is 5.78 Å². The number of nitrogens with zero attached hydrogens (tertiary/aromatic N) is 2. The SMILES string of the molecule is CC(=O)c1cc(-c2nn(C)c(C)c2Br)ccc1Cl. The lowest BCUT2D eigenvalue weighted by Gasteiger charge is -2.03. The third kappa shape index (κ3) is 2.22. The van der Waals surface area contributed by atoms with E-state index in [9.17, 15) is 4.79 Å². The van der Waals surface area contributed by atoms with Gasteiger partial charge in [-0.05, 0) is 41.9 Å². The molecule has 0 fully saturated rings. The number of carbonyl (C=O) groups excluding carboxylic acids is 1. The number of hydrogen-bond donors (Lipinski definition) is 0. The van der Waals surface area contributed by atoms with E-state index in [-0.39, 0.29) is 5.78 Å². The summed E-state index contributed by atoms with van der Waals surface area (Å²) in [6.07, 6.45) is 0. The third-order valence-electron chi connectivity index (χ3n) is 2.88. The Kier molecular flexibility index (Phi) is 3.59. The monoisotopic (exact) mass is 326 g/mol. The van der Waals surface area contributed by atoms with Crippen molar-refractivity contribution < 1.29 is 4.79 Å². The van der Waals surface area contributed by atoms with Crippen LogP contribution in [0.15, 0.2) is 22.7 Å². The van der Waals surface area contributed by atoms with E-state index in [1.54, 1.807) is 16.8 Å².